The molecule has 0 amide bonds. The van der Waals surface area contributed by atoms with Crippen LogP contribution in [0.5, 0.6) is 5.75 Å². The molecule has 18 heavy (non-hydrogen) atoms. The number of nitrogens with one attached hydrogen (secondary N) is 1. The van der Waals surface area contributed by atoms with E-state index in [-0.39, 0.29) is 11.9 Å². The van der Waals surface area contributed by atoms with Gasteiger partial charge in [0.25, 0.3) is 0 Å². The van der Waals surface area contributed by atoms with E-state index in [1.54, 1.807) is 37.2 Å². The number of rotatable bonds is 4. The van der Waals surface area contributed by atoms with E-state index in [1.807, 2.05) is 0 Å². The van der Waals surface area contributed by atoms with Gasteiger partial charge in [-0.3, -0.25) is 10.5 Å². The van der Waals surface area contributed by atoms with Crippen LogP contribution < -0.4 is 16.0 Å². The minimum atomic E-state index is -0.386. The first kappa shape index (κ1) is 12.5. The van der Waals surface area contributed by atoms with Crippen LogP contribution in [0.25, 0.3) is 0 Å². The van der Waals surface area contributed by atoms with Gasteiger partial charge in [-0.25, -0.2) is 9.82 Å². The highest BCUT2D eigenvalue weighted by molar-refractivity contribution is 5.36. The Labute approximate surface area is 104 Å². The lowest BCUT2D eigenvalue weighted by Gasteiger charge is -2.18. The fourth-order valence-electron chi connectivity index (χ4n) is 1.93. The Bertz CT molecular complexity index is 541. The van der Waals surface area contributed by atoms with E-state index < -0.39 is 0 Å². The monoisotopic (exact) mass is 250 g/mol. The molecule has 0 spiro atoms. The Morgan fingerprint density at radius 3 is 2.89 bits per heavy atom. The molecule has 1 aromatic carbocycles. The zero-order valence-corrected chi connectivity index (χ0v) is 10.2. The van der Waals surface area contributed by atoms with Crippen LogP contribution in [-0.4, -0.2) is 16.9 Å². The van der Waals surface area contributed by atoms with Crippen LogP contribution in [0.2, 0.25) is 0 Å². The molecule has 0 aliphatic heterocycles. The highest BCUT2D eigenvalue weighted by Gasteiger charge is 2.21. The van der Waals surface area contributed by atoms with Crippen LogP contribution in [0.3, 0.4) is 0 Å². The molecule has 0 saturated heterocycles. The molecule has 6 heteroatoms. The van der Waals surface area contributed by atoms with Gasteiger partial charge in [0.05, 0.1) is 19.3 Å². The van der Waals surface area contributed by atoms with Crippen LogP contribution in [0.1, 0.15) is 17.3 Å². The predicted molar refractivity (Wildman–Crippen MR) is 65.3 cm³/mol. The molecule has 0 saturated carbocycles. The van der Waals surface area contributed by atoms with E-state index in [0.717, 1.165) is 5.69 Å². The van der Waals surface area contributed by atoms with E-state index in [1.165, 1.54) is 12.1 Å². The topological polar surface area (TPSA) is 65.1 Å². The Hall–Kier alpha value is -1.92. The quantitative estimate of drug-likeness (QED) is 0.630. The van der Waals surface area contributed by atoms with Crippen LogP contribution >= 0.6 is 0 Å². The zero-order chi connectivity index (χ0) is 13.1. The summed E-state index contributed by atoms with van der Waals surface area (Å²) in [7, 11) is 3.33. The lowest BCUT2D eigenvalue weighted by molar-refractivity contribution is 0.401. The van der Waals surface area contributed by atoms with Crippen LogP contribution in [0, 0.1) is 5.82 Å². The van der Waals surface area contributed by atoms with Crippen molar-refractivity contribution in [3.05, 3.63) is 47.5 Å². The Kier molecular flexibility index (Phi) is 3.59. The zero-order valence-electron chi connectivity index (χ0n) is 10.2. The molecule has 5 nitrogen and oxygen atoms in total. The summed E-state index contributed by atoms with van der Waals surface area (Å²) >= 11 is 0. The van der Waals surface area contributed by atoms with Crippen molar-refractivity contribution in [1.29, 1.82) is 0 Å². The number of methoxy groups -OCH3 is 1. The number of hydrogen-bond donors (Lipinski definition) is 2. The molecule has 3 N–H and O–H groups in total. The van der Waals surface area contributed by atoms with Gasteiger partial charge in [-0.15, -0.1) is 0 Å². The second kappa shape index (κ2) is 5.16. The Balaban J connectivity index is 2.48. The standard InChI is InChI=1S/C12H15FN4O/c1-17-12(10(18-2)7-15-17)11(16-14)8-4-3-5-9(13)6-8/h3-7,11,16H,14H2,1-2H3. The SMILES string of the molecule is COc1cnn(C)c1C(NN)c1cccc(F)c1. The van der Waals surface area contributed by atoms with Crippen molar-refractivity contribution < 1.29 is 9.13 Å². The summed E-state index contributed by atoms with van der Waals surface area (Å²) < 4.78 is 20.1. The molecule has 0 bridgehead atoms. The maximum absolute atomic E-state index is 13.3. The average molecular weight is 250 g/mol. The largest absolute Gasteiger partial charge is 0.493 e. The number of nitrogens with zero attached hydrogens (tertiary/aromatic N) is 2. The summed E-state index contributed by atoms with van der Waals surface area (Å²) in [6, 6.07) is 5.86. The minimum absolute atomic E-state index is 0.311. The lowest BCUT2D eigenvalue weighted by atomic mass is 10.0. The first-order valence-corrected chi connectivity index (χ1v) is 5.45. The number of aromatic nitrogens is 2. The van der Waals surface area contributed by atoms with Crippen molar-refractivity contribution in [2.45, 2.75) is 6.04 Å². The number of halogens is 1. The van der Waals surface area contributed by atoms with Gasteiger partial charge in [-0.05, 0) is 17.7 Å². The molecule has 1 unspecified atom stereocenters. The molecule has 1 aromatic heterocycles. The van der Waals surface area contributed by atoms with Crippen molar-refractivity contribution in [1.82, 2.24) is 15.2 Å². The second-order valence-electron chi connectivity index (χ2n) is 3.88. The van der Waals surface area contributed by atoms with Crippen molar-refractivity contribution in [3.63, 3.8) is 0 Å². The number of nitrogens with two attached hydrogens (primary N) is 1. The lowest BCUT2D eigenvalue weighted by Crippen LogP contribution is -2.30. The van der Waals surface area contributed by atoms with Gasteiger partial charge in [0.1, 0.15) is 11.5 Å². The van der Waals surface area contributed by atoms with Gasteiger partial charge in [0, 0.05) is 7.05 Å². The predicted octanol–water partition coefficient (Wildman–Crippen LogP) is 1.12. The van der Waals surface area contributed by atoms with E-state index in [4.69, 9.17) is 10.6 Å². The maximum Gasteiger partial charge on any atom is 0.161 e. The molecular formula is C12H15FN4O. The molecule has 0 fully saturated rings. The molecule has 0 radical (unpaired) electrons. The second-order valence-corrected chi connectivity index (χ2v) is 3.88. The fraction of sp³-hybridized carbons (Fsp3) is 0.250. The maximum atomic E-state index is 13.3. The van der Waals surface area contributed by atoms with Crippen LogP contribution in [-0.2, 0) is 7.05 Å². The number of aryl methyl sites for hydroxylation is 1. The van der Waals surface area contributed by atoms with Gasteiger partial charge < -0.3 is 4.74 Å². The third kappa shape index (κ3) is 2.20. The molecule has 0 aliphatic carbocycles. The van der Waals surface area contributed by atoms with Crippen molar-refractivity contribution in [2.24, 2.45) is 12.9 Å². The highest BCUT2D eigenvalue weighted by atomic mass is 19.1. The molecule has 96 valence electrons. The number of benzene rings is 1. The smallest absolute Gasteiger partial charge is 0.161 e. The van der Waals surface area contributed by atoms with Gasteiger partial charge in [-0.2, -0.15) is 5.10 Å². The molecule has 0 aliphatic rings. The summed E-state index contributed by atoms with van der Waals surface area (Å²) in [5, 5.41) is 4.11. The number of hydrogen-bond acceptors (Lipinski definition) is 4. The summed E-state index contributed by atoms with van der Waals surface area (Å²) in [4.78, 5) is 0. The summed E-state index contributed by atoms with van der Waals surface area (Å²) in [6.45, 7) is 0. The highest BCUT2D eigenvalue weighted by Crippen LogP contribution is 2.28. The Morgan fingerprint density at radius 1 is 1.50 bits per heavy atom. The van der Waals surface area contributed by atoms with E-state index in [2.05, 4.69) is 10.5 Å². The normalized spacial score (nSPS) is 12.4. The summed E-state index contributed by atoms with van der Waals surface area (Å²) in [6.07, 6.45) is 1.60. The van der Waals surface area contributed by atoms with Gasteiger partial charge in [0.15, 0.2) is 5.75 Å². The third-order valence-corrected chi connectivity index (χ3v) is 2.79. The van der Waals surface area contributed by atoms with E-state index >= 15 is 0 Å². The van der Waals surface area contributed by atoms with Crippen LogP contribution in [0.15, 0.2) is 30.5 Å². The van der Waals surface area contributed by atoms with Crippen molar-refractivity contribution in [3.8, 4) is 5.75 Å². The van der Waals surface area contributed by atoms with Gasteiger partial charge in [0.2, 0.25) is 0 Å². The minimum Gasteiger partial charge on any atom is -0.493 e. The number of hydrazine groups is 1. The first-order valence-electron chi connectivity index (χ1n) is 5.45. The van der Waals surface area contributed by atoms with Gasteiger partial charge in [-0.1, -0.05) is 12.1 Å². The average Bonchev–Trinajstić information content (AvgIpc) is 2.72. The fourth-order valence-corrected chi connectivity index (χ4v) is 1.93. The molecule has 1 heterocycles. The van der Waals surface area contributed by atoms with Crippen LogP contribution in [0.4, 0.5) is 4.39 Å². The molecule has 2 rings (SSSR count). The number of ether oxygens (including phenoxy) is 1. The Morgan fingerprint density at radius 2 is 2.28 bits per heavy atom. The molecule has 2 aromatic rings. The van der Waals surface area contributed by atoms with Crippen molar-refractivity contribution >= 4 is 0 Å². The molecular weight excluding hydrogens is 235 g/mol. The van der Waals surface area contributed by atoms with E-state index in [9.17, 15) is 4.39 Å². The summed E-state index contributed by atoms with van der Waals surface area (Å²) in [5.74, 6) is 5.86. The van der Waals surface area contributed by atoms with Gasteiger partial charge >= 0.3 is 0 Å². The van der Waals surface area contributed by atoms with Crippen molar-refractivity contribution in [2.75, 3.05) is 7.11 Å². The first-order chi connectivity index (χ1) is 8.67. The van der Waals surface area contributed by atoms with E-state index in [0.29, 0.717) is 11.3 Å². The third-order valence-electron chi connectivity index (χ3n) is 2.79. The summed E-state index contributed by atoms with van der Waals surface area (Å²) in [5.41, 5.74) is 4.11. The molecule has 1 atom stereocenters.